The molecule has 1 aromatic carbocycles. The van der Waals surface area contributed by atoms with Crippen LogP contribution in [0.1, 0.15) is 6.92 Å². The highest BCUT2D eigenvalue weighted by molar-refractivity contribution is 6.60. The lowest BCUT2D eigenvalue weighted by molar-refractivity contribution is 0.426. The highest BCUT2D eigenvalue weighted by Gasteiger charge is 2.15. The van der Waals surface area contributed by atoms with Gasteiger partial charge in [0.15, 0.2) is 0 Å². The van der Waals surface area contributed by atoms with Gasteiger partial charge in [-0.15, -0.1) is 0 Å². The van der Waals surface area contributed by atoms with E-state index >= 15 is 0 Å². The van der Waals surface area contributed by atoms with Crippen LogP contribution in [-0.2, 0) is 0 Å². The molecule has 0 saturated carbocycles. The molecule has 5 heteroatoms. The summed E-state index contributed by atoms with van der Waals surface area (Å²) in [5.74, 6) is 0. The molecule has 0 aliphatic carbocycles. The number of hydrogen-bond acceptors (Lipinski definition) is 4. The summed E-state index contributed by atoms with van der Waals surface area (Å²) in [7, 11) is -1.52. The second-order valence-electron chi connectivity index (χ2n) is 2.71. The van der Waals surface area contributed by atoms with Gasteiger partial charge in [-0.25, -0.2) is 0 Å². The Morgan fingerprint density at radius 3 is 2.69 bits per heavy atom. The molecule has 0 saturated heterocycles. The molecular weight excluding hydrogens is 167 g/mol. The van der Waals surface area contributed by atoms with Crippen molar-refractivity contribution in [3.8, 4) is 0 Å². The minimum atomic E-state index is -1.52. The maximum absolute atomic E-state index is 8.94. The number of benzene rings is 1. The van der Waals surface area contributed by atoms with Crippen molar-refractivity contribution in [2.45, 2.75) is 6.92 Å². The highest BCUT2D eigenvalue weighted by Crippen LogP contribution is 2.14. The van der Waals surface area contributed by atoms with Crippen molar-refractivity contribution in [1.29, 1.82) is 0 Å². The lowest BCUT2D eigenvalue weighted by atomic mass is 9.79. The van der Waals surface area contributed by atoms with E-state index in [4.69, 9.17) is 15.8 Å². The first-order valence-electron chi connectivity index (χ1n) is 4.15. The molecule has 0 bridgehead atoms. The van der Waals surface area contributed by atoms with Crippen molar-refractivity contribution in [3.63, 3.8) is 0 Å². The lowest BCUT2D eigenvalue weighted by Gasteiger charge is -2.10. The van der Waals surface area contributed by atoms with E-state index in [0.29, 0.717) is 11.2 Å². The molecule has 70 valence electrons. The molecule has 0 unspecified atom stereocenters. The van der Waals surface area contributed by atoms with Crippen molar-refractivity contribution in [2.24, 2.45) is 0 Å². The summed E-state index contributed by atoms with van der Waals surface area (Å²) >= 11 is 0. The maximum atomic E-state index is 8.94. The third-order valence-electron chi connectivity index (χ3n) is 1.79. The number of nitrogens with two attached hydrogens (primary N) is 1. The smallest absolute Gasteiger partial charge is 0.423 e. The molecule has 0 aliphatic heterocycles. The van der Waals surface area contributed by atoms with Gasteiger partial charge in [-0.1, -0.05) is 12.1 Å². The van der Waals surface area contributed by atoms with E-state index in [-0.39, 0.29) is 0 Å². The molecule has 4 nitrogen and oxygen atoms in total. The minimum Gasteiger partial charge on any atom is -0.423 e. The van der Waals surface area contributed by atoms with Crippen molar-refractivity contribution in [2.75, 3.05) is 17.6 Å². The van der Waals surface area contributed by atoms with E-state index in [2.05, 4.69) is 5.32 Å². The number of para-hydroxylation sites is 1. The molecule has 0 aliphatic rings. The lowest BCUT2D eigenvalue weighted by Crippen LogP contribution is -2.32. The zero-order valence-electron chi connectivity index (χ0n) is 7.49. The average Bonchev–Trinajstić information content (AvgIpc) is 2.08. The van der Waals surface area contributed by atoms with Gasteiger partial charge < -0.3 is 21.1 Å². The summed E-state index contributed by atoms with van der Waals surface area (Å²) in [5, 5.41) is 20.9. The topological polar surface area (TPSA) is 78.5 Å². The first-order valence-corrected chi connectivity index (χ1v) is 4.15. The van der Waals surface area contributed by atoms with Crippen LogP contribution in [0.4, 0.5) is 11.4 Å². The number of hydrogen-bond donors (Lipinski definition) is 4. The molecular formula is C8H13BN2O2. The Morgan fingerprint density at radius 1 is 1.46 bits per heavy atom. The minimum absolute atomic E-state index is 0.332. The highest BCUT2D eigenvalue weighted by atomic mass is 16.4. The largest absolute Gasteiger partial charge is 0.490 e. The monoisotopic (exact) mass is 180 g/mol. The summed E-state index contributed by atoms with van der Waals surface area (Å²) in [4.78, 5) is 0. The van der Waals surface area contributed by atoms with Crippen LogP contribution in [0.25, 0.3) is 0 Å². The van der Waals surface area contributed by atoms with Crippen LogP contribution in [0.15, 0.2) is 18.2 Å². The predicted molar refractivity (Wildman–Crippen MR) is 54.8 cm³/mol. The molecule has 0 radical (unpaired) electrons. The Hall–Kier alpha value is -1.20. The van der Waals surface area contributed by atoms with E-state index in [1.165, 1.54) is 0 Å². The third-order valence-corrected chi connectivity index (χ3v) is 1.79. The number of nitrogen functional groups attached to an aromatic ring is 1. The van der Waals surface area contributed by atoms with Crippen LogP contribution in [0.5, 0.6) is 0 Å². The van der Waals surface area contributed by atoms with Crippen LogP contribution in [0, 0.1) is 0 Å². The molecule has 0 atom stereocenters. The Kier molecular flexibility index (Phi) is 3.16. The number of rotatable bonds is 3. The van der Waals surface area contributed by atoms with Gasteiger partial charge in [0.1, 0.15) is 0 Å². The van der Waals surface area contributed by atoms with Gasteiger partial charge in [-0.05, 0) is 13.0 Å². The van der Waals surface area contributed by atoms with Crippen LogP contribution >= 0.6 is 0 Å². The number of anilines is 2. The molecule has 0 aromatic heterocycles. The molecule has 0 heterocycles. The maximum Gasteiger partial charge on any atom is 0.490 e. The summed E-state index contributed by atoms with van der Waals surface area (Å²) < 4.78 is 0. The molecule has 0 spiro atoms. The second kappa shape index (κ2) is 4.16. The fourth-order valence-corrected chi connectivity index (χ4v) is 1.15. The standard InChI is InChI=1S/C8H13BN2O2/c1-2-11-7-5-3-4-6(8(7)10)9(12)13/h3-5,11-13H,2,10H2,1H3. The Balaban J connectivity index is 3.03. The third kappa shape index (κ3) is 2.14. The van der Waals surface area contributed by atoms with Crippen LogP contribution in [0.3, 0.4) is 0 Å². The quantitative estimate of drug-likeness (QED) is 0.369. The summed E-state index contributed by atoms with van der Waals surface area (Å²) in [6, 6.07) is 5.11. The van der Waals surface area contributed by atoms with E-state index in [9.17, 15) is 0 Å². The summed E-state index contributed by atoms with van der Waals surface area (Å²) in [5.41, 5.74) is 7.14. The predicted octanol–water partition coefficient (Wildman–Crippen LogP) is -0.620. The van der Waals surface area contributed by atoms with Gasteiger partial charge in [0.25, 0.3) is 0 Å². The molecule has 0 amide bonds. The van der Waals surface area contributed by atoms with Crippen LogP contribution < -0.4 is 16.5 Å². The van der Waals surface area contributed by atoms with Gasteiger partial charge in [0.05, 0.1) is 11.4 Å². The molecule has 0 fully saturated rings. The SMILES string of the molecule is CCNc1cccc(B(O)O)c1N. The van der Waals surface area contributed by atoms with Crippen LogP contribution in [-0.4, -0.2) is 23.7 Å². The Bertz CT molecular complexity index is 291. The molecule has 5 N–H and O–H groups in total. The van der Waals surface area contributed by atoms with Crippen LogP contribution in [0.2, 0.25) is 0 Å². The first kappa shape index (κ1) is 9.89. The van der Waals surface area contributed by atoms with E-state index in [1.54, 1.807) is 18.2 Å². The zero-order chi connectivity index (χ0) is 9.84. The summed E-state index contributed by atoms with van der Waals surface area (Å²) in [6.45, 7) is 2.69. The fraction of sp³-hybridized carbons (Fsp3) is 0.250. The van der Waals surface area contributed by atoms with Crippen molar-refractivity contribution in [3.05, 3.63) is 18.2 Å². The number of nitrogens with one attached hydrogen (secondary N) is 1. The van der Waals surface area contributed by atoms with Gasteiger partial charge in [0, 0.05) is 12.0 Å². The molecule has 1 rings (SSSR count). The Morgan fingerprint density at radius 2 is 2.15 bits per heavy atom. The average molecular weight is 180 g/mol. The normalized spacial score (nSPS) is 9.77. The van der Waals surface area contributed by atoms with E-state index < -0.39 is 7.12 Å². The second-order valence-corrected chi connectivity index (χ2v) is 2.71. The molecule has 13 heavy (non-hydrogen) atoms. The molecule has 1 aromatic rings. The van der Waals surface area contributed by atoms with Crippen molar-refractivity contribution >= 4 is 24.0 Å². The van der Waals surface area contributed by atoms with Gasteiger partial charge in [-0.3, -0.25) is 0 Å². The van der Waals surface area contributed by atoms with Crippen molar-refractivity contribution in [1.82, 2.24) is 0 Å². The zero-order valence-corrected chi connectivity index (χ0v) is 7.49. The van der Waals surface area contributed by atoms with E-state index in [0.717, 1.165) is 12.2 Å². The van der Waals surface area contributed by atoms with E-state index in [1.807, 2.05) is 6.92 Å². The van der Waals surface area contributed by atoms with Gasteiger partial charge >= 0.3 is 7.12 Å². The van der Waals surface area contributed by atoms with Gasteiger partial charge in [-0.2, -0.15) is 0 Å². The first-order chi connectivity index (χ1) is 6.16. The van der Waals surface area contributed by atoms with Gasteiger partial charge in [0.2, 0.25) is 0 Å². The van der Waals surface area contributed by atoms with Crippen molar-refractivity contribution < 1.29 is 10.0 Å². The summed E-state index contributed by atoms with van der Waals surface area (Å²) in [6.07, 6.45) is 0. The Labute approximate surface area is 77.5 Å². The fourth-order valence-electron chi connectivity index (χ4n) is 1.15.